The van der Waals surface area contributed by atoms with Crippen molar-refractivity contribution in [1.29, 1.82) is 0 Å². The maximum Gasteiger partial charge on any atom is 0.214 e. The Balaban J connectivity index is 1.63. The zero-order valence-corrected chi connectivity index (χ0v) is 20.1. The molecule has 0 N–H and O–H groups in total. The van der Waals surface area contributed by atoms with Crippen molar-refractivity contribution in [2.45, 2.75) is 18.7 Å². The van der Waals surface area contributed by atoms with Gasteiger partial charge in [-0.15, -0.1) is 0 Å². The number of hydrazone groups is 1. The smallest absolute Gasteiger partial charge is 0.214 e. The summed E-state index contributed by atoms with van der Waals surface area (Å²) in [5, 5.41) is 7.65. The highest BCUT2D eigenvalue weighted by Gasteiger charge is 2.41. The summed E-state index contributed by atoms with van der Waals surface area (Å²) in [4.78, 5) is 0. The SMILES string of the molecule is COc1cccc(C2=NN3[C@@H](C2)c2cc(Cl)ccc2O[C@H]3c2cc(OC)c(OC)c(OC)c2)c1. The van der Waals surface area contributed by atoms with Crippen LogP contribution in [0.25, 0.3) is 0 Å². The molecular formula is C26H25ClN2O5. The Morgan fingerprint density at radius 3 is 2.35 bits per heavy atom. The topological polar surface area (TPSA) is 61.8 Å². The molecule has 0 fully saturated rings. The highest BCUT2D eigenvalue weighted by Crippen LogP contribution is 2.50. The summed E-state index contributed by atoms with van der Waals surface area (Å²) in [6, 6.07) is 17.3. The molecule has 176 valence electrons. The molecule has 0 saturated heterocycles. The van der Waals surface area contributed by atoms with Crippen molar-refractivity contribution in [3.63, 3.8) is 0 Å². The fourth-order valence-corrected chi connectivity index (χ4v) is 4.68. The molecule has 0 saturated carbocycles. The summed E-state index contributed by atoms with van der Waals surface area (Å²) >= 11 is 6.35. The first-order chi connectivity index (χ1) is 16.6. The van der Waals surface area contributed by atoms with Crippen LogP contribution in [0.5, 0.6) is 28.7 Å². The predicted octanol–water partition coefficient (Wildman–Crippen LogP) is 5.62. The zero-order chi connectivity index (χ0) is 23.8. The van der Waals surface area contributed by atoms with Crippen molar-refractivity contribution in [1.82, 2.24) is 5.01 Å². The number of benzene rings is 3. The first-order valence-corrected chi connectivity index (χ1v) is 11.2. The van der Waals surface area contributed by atoms with Gasteiger partial charge in [-0.25, -0.2) is 5.01 Å². The molecule has 2 aliphatic heterocycles. The molecule has 0 radical (unpaired) electrons. The van der Waals surface area contributed by atoms with E-state index < -0.39 is 6.23 Å². The van der Waals surface area contributed by atoms with E-state index in [-0.39, 0.29) is 6.04 Å². The normalized spacial score (nSPS) is 18.4. The van der Waals surface area contributed by atoms with E-state index in [2.05, 4.69) is 0 Å². The highest BCUT2D eigenvalue weighted by atomic mass is 35.5. The minimum Gasteiger partial charge on any atom is -0.497 e. The lowest BCUT2D eigenvalue weighted by Gasteiger charge is -2.38. The van der Waals surface area contributed by atoms with Crippen molar-refractivity contribution >= 4 is 17.3 Å². The van der Waals surface area contributed by atoms with Crippen LogP contribution in [0.3, 0.4) is 0 Å². The molecule has 34 heavy (non-hydrogen) atoms. The van der Waals surface area contributed by atoms with Crippen molar-refractivity contribution in [2.24, 2.45) is 5.10 Å². The summed E-state index contributed by atoms with van der Waals surface area (Å²) < 4.78 is 28.5. The van der Waals surface area contributed by atoms with Crippen LogP contribution in [-0.4, -0.2) is 39.2 Å². The lowest BCUT2D eigenvalue weighted by Crippen LogP contribution is -2.33. The van der Waals surface area contributed by atoms with Gasteiger partial charge in [-0.3, -0.25) is 0 Å². The van der Waals surface area contributed by atoms with Crippen molar-refractivity contribution in [3.05, 3.63) is 76.3 Å². The Hall–Kier alpha value is -3.58. The number of hydrogen-bond donors (Lipinski definition) is 0. The molecule has 5 rings (SSSR count). The number of fused-ring (bicyclic) bond motifs is 3. The van der Waals surface area contributed by atoms with Crippen LogP contribution in [0.4, 0.5) is 0 Å². The van der Waals surface area contributed by atoms with Crippen molar-refractivity contribution in [3.8, 4) is 28.7 Å². The summed E-state index contributed by atoms with van der Waals surface area (Å²) in [5.41, 5.74) is 3.77. The average molecular weight is 481 g/mol. The molecular weight excluding hydrogens is 456 g/mol. The summed E-state index contributed by atoms with van der Waals surface area (Å²) in [7, 11) is 6.43. The standard InChI is InChI=1S/C26H25ClN2O5/c1-30-18-7-5-6-15(10-18)20-14-21-19-13-17(27)8-9-22(19)34-26(29(21)28-20)16-11-23(31-2)25(33-4)24(12-16)32-3/h5-13,21,26H,14H2,1-4H3/t21-,26-/m0/s1. The Labute approximate surface area is 203 Å². The van der Waals surface area contributed by atoms with E-state index in [0.29, 0.717) is 28.7 Å². The largest absolute Gasteiger partial charge is 0.497 e. The van der Waals surface area contributed by atoms with Gasteiger partial charge in [0.25, 0.3) is 0 Å². The monoisotopic (exact) mass is 480 g/mol. The minimum atomic E-state index is -0.504. The lowest BCUT2D eigenvalue weighted by atomic mass is 9.95. The van der Waals surface area contributed by atoms with Gasteiger partial charge in [0, 0.05) is 28.1 Å². The Kier molecular flexibility index (Phi) is 5.87. The third kappa shape index (κ3) is 3.76. The maximum atomic E-state index is 6.47. The molecule has 2 aliphatic rings. The molecule has 7 nitrogen and oxygen atoms in total. The van der Waals surface area contributed by atoms with Crippen LogP contribution >= 0.6 is 11.6 Å². The molecule has 0 aromatic heterocycles. The number of ether oxygens (including phenoxy) is 5. The number of methoxy groups -OCH3 is 4. The molecule has 0 aliphatic carbocycles. The van der Waals surface area contributed by atoms with Gasteiger partial charge in [-0.1, -0.05) is 23.7 Å². The first kappa shape index (κ1) is 22.2. The molecule has 0 spiro atoms. The second kappa shape index (κ2) is 8.99. The van der Waals surface area contributed by atoms with Crippen molar-refractivity contribution < 1.29 is 23.7 Å². The molecule has 0 unspecified atom stereocenters. The second-order valence-corrected chi connectivity index (χ2v) is 8.43. The summed E-state index contributed by atoms with van der Waals surface area (Å²) in [5.74, 6) is 3.18. The first-order valence-electron chi connectivity index (χ1n) is 10.8. The fraction of sp³-hybridized carbons (Fsp3) is 0.269. The van der Waals surface area contributed by atoms with Gasteiger partial charge in [0.2, 0.25) is 12.0 Å². The molecule has 2 heterocycles. The molecule has 0 bridgehead atoms. The van der Waals surface area contributed by atoms with Crippen LogP contribution in [0.2, 0.25) is 5.02 Å². The van der Waals surface area contributed by atoms with E-state index >= 15 is 0 Å². The van der Waals surface area contributed by atoms with E-state index in [1.807, 2.05) is 59.6 Å². The molecule has 0 amide bonds. The molecule has 8 heteroatoms. The minimum absolute atomic E-state index is 0.0484. The van der Waals surface area contributed by atoms with Gasteiger partial charge >= 0.3 is 0 Å². The van der Waals surface area contributed by atoms with E-state index in [1.165, 1.54) is 0 Å². The highest BCUT2D eigenvalue weighted by molar-refractivity contribution is 6.30. The number of nitrogens with zero attached hydrogens (tertiary/aromatic N) is 2. The number of halogens is 1. The van der Waals surface area contributed by atoms with Crippen LogP contribution in [0.1, 0.15) is 35.4 Å². The second-order valence-electron chi connectivity index (χ2n) is 7.99. The van der Waals surface area contributed by atoms with Crippen LogP contribution in [0, 0.1) is 0 Å². The van der Waals surface area contributed by atoms with E-state index in [0.717, 1.165) is 33.9 Å². The molecule has 3 aromatic rings. The van der Waals surface area contributed by atoms with Gasteiger partial charge in [0.05, 0.1) is 40.2 Å². The third-order valence-corrected chi connectivity index (χ3v) is 6.36. The maximum absolute atomic E-state index is 6.47. The van der Waals surface area contributed by atoms with Gasteiger partial charge in [0.15, 0.2) is 11.5 Å². The van der Waals surface area contributed by atoms with Crippen molar-refractivity contribution in [2.75, 3.05) is 28.4 Å². The zero-order valence-electron chi connectivity index (χ0n) is 19.4. The quantitative estimate of drug-likeness (QED) is 0.456. The van der Waals surface area contributed by atoms with E-state index in [1.54, 1.807) is 28.4 Å². The van der Waals surface area contributed by atoms with Crippen LogP contribution in [0.15, 0.2) is 59.7 Å². The van der Waals surface area contributed by atoms with E-state index in [4.69, 9.17) is 40.4 Å². The van der Waals surface area contributed by atoms with Gasteiger partial charge in [-0.2, -0.15) is 5.10 Å². The van der Waals surface area contributed by atoms with Gasteiger partial charge in [-0.05, 0) is 42.5 Å². The van der Waals surface area contributed by atoms with Gasteiger partial charge in [0.1, 0.15) is 11.5 Å². The fourth-order valence-electron chi connectivity index (χ4n) is 4.50. The van der Waals surface area contributed by atoms with Gasteiger partial charge < -0.3 is 23.7 Å². The Morgan fingerprint density at radius 1 is 0.912 bits per heavy atom. The Bertz CT molecular complexity index is 1240. The summed E-state index contributed by atoms with van der Waals surface area (Å²) in [6.07, 6.45) is 0.195. The lowest BCUT2D eigenvalue weighted by molar-refractivity contribution is -0.0192. The Morgan fingerprint density at radius 2 is 1.68 bits per heavy atom. The van der Waals surface area contributed by atoms with Crippen LogP contribution in [-0.2, 0) is 0 Å². The predicted molar refractivity (Wildman–Crippen MR) is 130 cm³/mol. The van der Waals surface area contributed by atoms with Crippen LogP contribution < -0.4 is 23.7 Å². The number of hydrogen-bond acceptors (Lipinski definition) is 7. The molecule has 2 atom stereocenters. The number of rotatable bonds is 6. The summed E-state index contributed by atoms with van der Waals surface area (Å²) in [6.45, 7) is 0. The van der Waals surface area contributed by atoms with E-state index in [9.17, 15) is 0 Å². The third-order valence-electron chi connectivity index (χ3n) is 6.13. The molecule has 3 aromatic carbocycles. The average Bonchev–Trinajstić information content (AvgIpc) is 3.33.